The zero-order valence-electron chi connectivity index (χ0n) is 10.0. The second-order valence-corrected chi connectivity index (χ2v) is 4.05. The van der Waals surface area contributed by atoms with Crippen molar-refractivity contribution in [3.8, 4) is 0 Å². The molecule has 0 spiro atoms. The van der Waals surface area contributed by atoms with Gasteiger partial charge in [0.25, 0.3) is 0 Å². The number of carbonyl (C=O) groups is 1. The van der Waals surface area contributed by atoms with Gasteiger partial charge in [-0.2, -0.15) is 0 Å². The van der Waals surface area contributed by atoms with E-state index in [1.54, 1.807) is 24.5 Å². The summed E-state index contributed by atoms with van der Waals surface area (Å²) >= 11 is 0. The molecule has 0 aliphatic carbocycles. The molecule has 18 heavy (non-hydrogen) atoms. The largest absolute Gasteiger partial charge is 1.00 e. The molecule has 0 radical (unpaired) electrons. The lowest BCUT2D eigenvalue weighted by molar-refractivity contribution is -0.688. The summed E-state index contributed by atoms with van der Waals surface area (Å²) in [7, 11) is 0. The minimum atomic E-state index is -0.896. The summed E-state index contributed by atoms with van der Waals surface area (Å²) in [6.45, 7) is 2.81. The third-order valence-electron chi connectivity index (χ3n) is 2.59. The number of benzene rings is 1. The van der Waals surface area contributed by atoms with Crippen molar-refractivity contribution in [3.05, 3.63) is 65.5 Å². The van der Waals surface area contributed by atoms with E-state index in [9.17, 15) is 4.79 Å². The van der Waals surface area contributed by atoms with Crippen molar-refractivity contribution in [1.29, 1.82) is 0 Å². The molecule has 1 aromatic carbocycles. The lowest BCUT2D eigenvalue weighted by Gasteiger charge is -1.99. The number of hydrogen-bond acceptors (Lipinski definition) is 1. The number of carboxylic acids is 1. The Balaban J connectivity index is 0.00000162. The predicted molar refractivity (Wildman–Crippen MR) is 63.9 cm³/mol. The second-order valence-electron chi connectivity index (χ2n) is 4.05. The molecule has 1 N–H and O–H groups in total. The van der Waals surface area contributed by atoms with Crippen molar-refractivity contribution < 1.29 is 26.9 Å². The molecular weight excluding hydrogens is 250 g/mol. The molecule has 0 aliphatic heterocycles. The normalized spacial score (nSPS) is 9.61. The molecule has 0 saturated carbocycles. The Kier molecular flexibility index (Phi) is 4.86. The zero-order valence-corrected chi connectivity index (χ0v) is 10.8. The van der Waals surface area contributed by atoms with Gasteiger partial charge in [0, 0.05) is 17.7 Å². The number of aromatic carboxylic acids is 1. The summed E-state index contributed by atoms with van der Waals surface area (Å²) in [5.74, 6) is -0.896. The van der Waals surface area contributed by atoms with E-state index in [4.69, 9.17) is 5.11 Å². The van der Waals surface area contributed by atoms with E-state index in [1.165, 1.54) is 11.1 Å². The van der Waals surface area contributed by atoms with Crippen LogP contribution in [-0.4, -0.2) is 11.1 Å². The van der Waals surface area contributed by atoms with Gasteiger partial charge < -0.3 is 17.5 Å². The highest BCUT2D eigenvalue weighted by Crippen LogP contribution is 2.03. The molecule has 2 aromatic rings. The van der Waals surface area contributed by atoms with Crippen LogP contribution in [0.2, 0.25) is 0 Å². The second kappa shape index (κ2) is 6.17. The van der Waals surface area contributed by atoms with Crippen LogP contribution in [0.15, 0.2) is 48.8 Å². The highest BCUT2D eigenvalue weighted by molar-refractivity contribution is 5.87. The maximum Gasteiger partial charge on any atom is 0.336 e. The minimum Gasteiger partial charge on any atom is -1.00 e. The molecule has 4 heteroatoms. The summed E-state index contributed by atoms with van der Waals surface area (Å²) in [5, 5.41) is 8.79. The average Bonchev–Trinajstić information content (AvgIpc) is 2.29. The fraction of sp³-hybridized carbons (Fsp3) is 0.143. The highest BCUT2D eigenvalue weighted by atomic mass is 35.5. The van der Waals surface area contributed by atoms with E-state index in [1.807, 2.05) is 10.6 Å². The van der Waals surface area contributed by atoms with Crippen molar-refractivity contribution in [2.45, 2.75) is 13.5 Å². The maximum absolute atomic E-state index is 10.7. The Morgan fingerprint density at radius 3 is 2.44 bits per heavy atom. The third kappa shape index (κ3) is 3.57. The van der Waals surface area contributed by atoms with Gasteiger partial charge in [-0.05, 0) is 13.0 Å². The van der Waals surface area contributed by atoms with Crippen molar-refractivity contribution in [2.24, 2.45) is 0 Å². The topological polar surface area (TPSA) is 41.2 Å². The Morgan fingerprint density at radius 2 is 1.89 bits per heavy atom. The van der Waals surface area contributed by atoms with Crippen molar-refractivity contribution in [1.82, 2.24) is 0 Å². The number of nitrogens with zero attached hydrogens (tertiary/aromatic N) is 1. The van der Waals surface area contributed by atoms with Crippen LogP contribution in [0.1, 0.15) is 21.5 Å². The minimum absolute atomic E-state index is 0. The zero-order chi connectivity index (χ0) is 12.3. The van der Waals surface area contributed by atoms with Crippen molar-refractivity contribution >= 4 is 5.97 Å². The molecule has 1 aromatic heterocycles. The maximum atomic E-state index is 10.7. The van der Waals surface area contributed by atoms with Crippen molar-refractivity contribution in [2.75, 3.05) is 0 Å². The molecule has 1 heterocycles. The molecule has 0 atom stereocenters. The van der Waals surface area contributed by atoms with Gasteiger partial charge in [0.05, 0.1) is 5.56 Å². The van der Waals surface area contributed by atoms with Gasteiger partial charge in [0.15, 0.2) is 18.9 Å². The van der Waals surface area contributed by atoms with E-state index in [-0.39, 0.29) is 12.4 Å². The first-order valence-corrected chi connectivity index (χ1v) is 5.43. The summed E-state index contributed by atoms with van der Waals surface area (Å²) in [5.41, 5.74) is 2.74. The molecule has 0 aliphatic rings. The van der Waals surface area contributed by atoms with Crippen LogP contribution in [-0.2, 0) is 6.54 Å². The van der Waals surface area contributed by atoms with E-state index in [2.05, 4.69) is 25.1 Å². The quantitative estimate of drug-likeness (QED) is 0.725. The van der Waals surface area contributed by atoms with E-state index < -0.39 is 5.97 Å². The Labute approximate surface area is 112 Å². The van der Waals surface area contributed by atoms with Crippen LogP contribution >= 0.6 is 0 Å². The van der Waals surface area contributed by atoms with Crippen LogP contribution in [0.5, 0.6) is 0 Å². The SMILES string of the molecule is Cc1cccc(C[n+]2ccc(C(=O)O)cc2)c1.[Cl-]. The fourth-order valence-corrected chi connectivity index (χ4v) is 1.73. The van der Waals surface area contributed by atoms with Gasteiger partial charge in [-0.25, -0.2) is 9.36 Å². The van der Waals surface area contributed by atoms with Crippen LogP contribution in [0.4, 0.5) is 0 Å². The lowest BCUT2D eigenvalue weighted by atomic mass is 10.1. The predicted octanol–water partition coefficient (Wildman–Crippen LogP) is -0.967. The summed E-state index contributed by atoms with van der Waals surface area (Å²) in [6, 6.07) is 11.5. The van der Waals surface area contributed by atoms with Gasteiger partial charge in [0.2, 0.25) is 0 Å². The number of hydrogen-bond donors (Lipinski definition) is 1. The standard InChI is InChI=1S/C14H13NO2.ClH/c1-11-3-2-4-12(9-11)10-15-7-5-13(6-8-15)14(16)17;/h2-9H,10H2,1H3;1H. The number of pyridine rings is 1. The molecule has 0 bridgehead atoms. The van der Waals surface area contributed by atoms with Crippen LogP contribution in [0.3, 0.4) is 0 Å². The van der Waals surface area contributed by atoms with Crippen LogP contribution < -0.4 is 17.0 Å². The molecule has 0 fully saturated rings. The summed E-state index contributed by atoms with van der Waals surface area (Å²) in [4.78, 5) is 10.7. The Bertz CT molecular complexity index is 538. The number of rotatable bonds is 3. The first kappa shape index (κ1) is 14.2. The highest BCUT2D eigenvalue weighted by Gasteiger charge is 2.06. The average molecular weight is 264 g/mol. The molecule has 2 rings (SSSR count). The number of aromatic nitrogens is 1. The van der Waals surface area contributed by atoms with E-state index in [0.29, 0.717) is 5.56 Å². The van der Waals surface area contributed by atoms with Gasteiger partial charge in [-0.15, -0.1) is 0 Å². The number of carboxylic acid groups (broad SMARTS) is 1. The van der Waals surface area contributed by atoms with Gasteiger partial charge in [0.1, 0.15) is 0 Å². The Hall–Kier alpha value is -1.87. The number of halogens is 1. The number of aryl methyl sites for hydroxylation is 1. The molecule has 0 saturated heterocycles. The lowest BCUT2D eigenvalue weighted by Crippen LogP contribution is -3.00. The summed E-state index contributed by atoms with van der Waals surface area (Å²) < 4.78 is 1.96. The molecule has 0 amide bonds. The first-order chi connectivity index (χ1) is 8.15. The fourth-order valence-electron chi connectivity index (χ4n) is 1.73. The van der Waals surface area contributed by atoms with Crippen LogP contribution in [0.25, 0.3) is 0 Å². The first-order valence-electron chi connectivity index (χ1n) is 5.43. The van der Waals surface area contributed by atoms with E-state index >= 15 is 0 Å². The van der Waals surface area contributed by atoms with Gasteiger partial charge in [-0.1, -0.05) is 23.8 Å². The third-order valence-corrected chi connectivity index (χ3v) is 2.59. The molecular formula is C14H14ClNO2. The molecule has 0 unspecified atom stereocenters. The Morgan fingerprint density at radius 1 is 1.22 bits per heavy atom. The van der Waals surface area contributed by atoms with Gasteiger partial charge in [-0.3, -0.25) is 0 Å². The van der Waals surface area contributed by atoms with E-state index in [0.717, 1.165) is 6.54 Å². The van der Waals surface area contributed by atoms with Gasteiger partial charge >= 0.3 is 5.97 Å². The summed E-state index contributed by atoms with van der Waals surface area (Å²) in [6.07, 6.45) is 3.57. The smallest absolute Gasteiger partial charge is 0.336 e. The van der Waals surface area contributed by atoms with Crippen LogP contribution in [0, 0.1) is 6.92 Å². The molecule has 3 nitrogen and oxygen atoms in total. The van der Waals surface area contributed by atoms with Crippen molar-refractivity contribution in [3.63, 3.8) is 0 Å². The monoisotopic (exact) mass is 263 g/mol. The molecule has 94 valence electrons.